The monoisotopic (exact) mass is 282 g/mol. The molecule has 0 saturated carbocycles. The Morgan fingerprint density at radius 1 is 1.28 bits per heavy atom. The Bertz CT molecular complexity index is 392. The van der Waals surface area contributed by atoms with Crippen LogP contribution in [0.15, 0.2) is 0 Å². The number of nitrogens with one attached hydrogen (secondary N) is 2. The van der Waals surface area contributed by atoms with Gasteiger partial charge in [0.2, 0.25) is 0 Å². The number of rotatable bonds is 7. The van der Waals surface area contributed by atoms with Crippen molar-refractivity contribution in [1.29, 1.82) is 0 Å². The third-order valence-corrected chi connectivity index (χ3v) is 2.86. The molecule has 106 valence electrons. The smallest absolute Gasteiger partial charge is 0.422 e. The van der Waals surface area contributed by atoms with Crippen molar-refractivity contribution in [2.45, 2.75) is 45.8 Å². The maximum absolute atomic E-state index is 11.4. The lowest BCUT2D eigenvalue weighted by Gasteiger charge is -2.14. The lowest BCUT2D eigenvalue weighted by atomic mass is 10.2. The van der Waals surface area contributed by atoms with Crippen LogP contribution in [-0.2, 0) is 19.7 Å². The number of carboxylic acid groups (broad SMARTS) is 1. The second kappa shape index (κ2) is 7.17. The number of hydrogen-bond acceptors (Lipinski definition) is 5. The Hall–Kier alpha value is -1.35. The van der Waals surface area contributed by atoms with E-state index in [1.807, 2.05) is 0 Å². The highest BCUT2D eigenvalue weighted by atomic mass is 32.2. The number of amides is 1. The molecule has 1 amide bonds. The van der Waals surface area contributed by atoms with E-state index in [0.717, 1.165) is 0 Å². The van der Waals surface area contributed by atoms with E-state index in [1.54, 1.807) is 18.6 Å². The lowest BCUT2D eigenvalue weighted by Crippen LogP contribution is -2.44. The van der Waals surface area contributed by atoms with Crippen LogP contribution in [0.1, 0.15) is 33.6 Å². The molecular formula is C9H18N2O6S. The van der Waals surface area contributed by atoms with E-state index in [-0.39, 0.29) is 12.8 Å². The SMILES string of the molecule is CC(CCC(=O)O)NS(=O)(=O)NC(=O)OC(C)C. The number of ether oxygens (including phenoxy) is 1. The summed E-state index contributed by atoms with van der Waals surface area (Å²) < 4.78 is 31.2. The van der Waals surface area contributed by atoms with Crippen LogP contribution in [0.2, 0.25) is 0 Å². The Kier molecular flexibility index (Phi) is 6.63. The zero-order valence-electron chi connectivity index (χ0n) is 10.5. The van der Waals surface area contributed by atoms with Gasteiger partial charge in [-0.2, -0.15) is 13.1 Å². The molecule has 0 heterocycles. The molecule has 0 spiro atoms. The van der Waals surface area contributed by atoms with Gasteiger partial charge in [0.1, 0.15) is 0 Å². The summed E-state index contributed by atoms with van der Waals surface area (Å²) in [4.78, 5) is 21.4. The molecule has 0 aromatic carbocycles. The first-order valence-corrected chi connectivity index (χ1v) is 6.83. The molecule has 18 heavy (non-hydrogen) atoms. The molecular weight excluding hydrogens is 264 g/mol. The maximum atomic E-state index is 11.4. The molecule has 0 fully saturated rings. The summed E-state index contributed by atoms with van der Waals surface area (Å²) in [6.07, 6.45) is -1.57. The fraction of sp³-hybridized carbons (Fsp3) is 0.778. The minimum Gasteiger partial charge on any atom is -0.481 e. The summed E-state index contributed by atoms with van der Waals surface area (Å²) in [5.74, 6) is -1.02. The van der Waals surface area contributed by atoms with Crippen LogP contribution in [0.4, 0.5) is 4.79 Å². The maximum Gasteiger partial charge on any atom is 0.422 e. The second-order valence-electron chi connectivity index (χ2n) is 4.01. The summed E-state index contributed by atoms with van der Waals surface area (Å²) in [5, 5.41) is 8.44. The van der Waals surface area contributed by atoms with Crippen molar-refractivity contribution in [1.82, 2.24) is 9.44 Å². The Labute approximate surface area is 106 Å². The van der Waals surface area contributed by atoms with Gasteiger partial charge in [-0.3, -0.25) is 4.79 Å². The van der Waals surface area contributed by atoms with Crippen LogP contribution in [-0.4, -0.2) is 37.7 Å². The van der Waals surface area contributed by atoms with Crippen LogP contribution in [0.25, 0.3) is 0 Å². The highest BCUT2D eigenvalue weighted by molar-refractivity contribution is 7.88. The first-order valence-electron chi connectivity index (χ1n) is 5.35. The third kappa shape index (κ3) is 8.76. The summed E-state index contributed by atoms with van der Waals surface area (Å²) in [6.45, 7) is 4.65. The van der Waals surface area contributed by atoms with E-state index >= 15 is 0 Å². The van der Waals surface area contributed by atoms with Crippen molar-refractivity contribution < 1.29 is 27.9 Å². The molecule has 0 bridgehead atoms. The van der Waals surface area contributed by atoms with Crippen LogP contribution in [0.5, 0.6) is 0 Å². The Morgan fingerprint density at radius 2 is 1.83 bits per heavy atom. The highest BCUT2D eigenvalue weighted by Crippen LogP contribution is 1.98. The second-order valence-corrected chi connectivity index (χ2v) is 5.46. The summed E-state index contributed by atoms with van der Waals surface area (Å²) >= 11 is 0. The van der Waals surface area contributed by atoms with Gasteiger partial charge in [0.05, 0.1) is 6.10 Å². The molecule has 0 aliphatic heterocycles. The van der Waals surface area contributed by atoms with Crippen molar-refractivity contribution in [3.63, 3.8) is 0 Å². The van der Waals surface area contributed by atoms with Gasteiger partial charge < -0.3 is 9.84 Å². The Morgan fingerprint density at radius 3 is 2.28 bits per heavy atom. The van der Waals surface area contributed by atoms with Gasteiger partial charge in [0.25, 0.3) is 0 Å². The Balaban J connectivity index is 4.22. The zero-order chi connectivity index (χ0) is 14.3. The van der Waals surface area contributed by atoms with Gasteiger partial charge in [0, 0.05) is 12.5 Å². The number of aliphatic carboxylic acids is 1. The van der Waals surface area contributed by atoms with Crippen LogP contribution in [0, 0.1) is 0 Å². The fourth-order valence-electron chi connectivity index (χ4n) is 1.04. The topological polar surface area (TPSA) is 122 Å². The van der Waals surface area contributed by atoms with Crippen molar-refractivity contribution in [3.8, 4) is 0 Å². The van der Waals surface area contributed by atoms with Crippen LogP contribution < -0.4 is 9.44 Å². The first-order chi connectivity index (χ1) is 8.12. The van der Waals surface area contributed by atoms with Gasteiger partial charge in [0.15, 0.2) is 0 Å². The molecule has 8 nitrogen and oxygen atoms in total. The summed E-state index contributed by atoms with van der Waals surface area (Å²) in [7, 11) is -4.04. The average molecular weight is 282 g/mol. The predicted octanol–water partition coefficient (Wildman–Crippen LogP) is 0.209. The summed E-state index contributed by atoms with van der Waals surface area (Å²) in [6, 6.07) is -0.606. The van der Waals surface area contributed by atoms with E-state index in [1.165, 1.54) is 6.92 Å². The van der Waals surface area contributed by atoms with E-state index in [4.69, 9.17) is 5.11 Å². The minimum absolute atomic E-state index is 0.121. The van der Waals surface area contributed by atoms with E-state index in [9.17, 15) is 18.0 Å². The van der Waals surface area contributed by atoms with Crippen molar-refractivity contribution >= 4 is 22.3 Å². The van der Waals surface area contributed by atoms with Crippen molar-refractivity contribution in [2.75, 3.05) is 0 Å². The van der Waals surface area contributed by atoms with Crippen LogP contribution >= 0.6 is 0 Å². The van der Waals surface area contributed by atoms with E-state index in [0.29, 0.717) is 0 Å². The molecule has 1 atom stereocenters. The van der Waals surface area contributed by atoms with Gasteiger partial charge in [-0.15, -0.1) is 0 Å². The van der Waals surface area contributed by atoms with Crippen LogP contribution in [0.3, 0.4) is 0 Å². The quantitative estimate of drug-likeness (QED) is 0.613. The molecule has 1 unspecified atom stereocenters. The normalized spacial score (nSPS) is 13.1. The number of carbonyl (C=O) groups excluding carboxylic acids is 1. The van der Waals surface area contributed by atoms with Gasteiger partial charge in [-0.25, -0.2) is 9.52 Å². The summed E-state index contributed by atoms with van der Waals surface area (Å²) in [5.41, 5.74) is 0. The molecule has 0 aromatic rings. The predicted molar refractivity (Wildman–Crippen MR) is 63.1 cm³/mol. The van der Waals surface area contributed by atoms with Crippen molar-refractivity contribution in [2.24, 2.45) is 0 Å². The van der Waals surface area contributed by atoms with Gasteiger partial charge >= 0.3 is 22.3 Å². The largest absolute Gasteiger partial charge is 0.481 e. The average Bonchev–Trinajstić information content (AvgIpc) is 2.10. The molecule has 0 aromatic heterocycles. The molecule has 0 radical (unpaired) electrons. The molecule has 0 aliphatic rings. The van der Waals surface area contributed by atoms with E-state index in [2.05, 4.69) is 9.46 Å². The molecule has 0 aliphatic carbocycles. The fourth-order valence-corrected chi connectivity index (χ4v) is 2.02. The molecule has 0 rings (SSSR count). The van der Waals surface area contributed by atoms with Gasteiger partial charge in [-0.1, -0.05) is 0 Å². The first kappa shape index (κ1) is 16.6. The number of carbonyl (C=O) groups is 2. The number of carboxylic acids is 1. The number of hydrogen-bond donors (Lipinski definition) is 3. The molecule has 9 heteroatoms. The lowest BCUT2D eigenvalue weighted by molar-refractivity contribution is -0.137. The molecule has 0 saturated heterocycles. The highest BCUT2D eigenvalue weighted by Gasteiger charge is 2.19. The third-order valence-electron chi connectivity index (χ3n) is 1.71. The van der Waals surface area contributed by atoms with Crippen molar-refractivity contribution in [3.05, 3.63) is 0 Å². The van der Waals surface area contributed by atoms with Gasteiger partial charge in [-0.05, 0) is 27.2 Å². The minimum atomic E-state index is -4.04. The standard InChI is InChI=1S/C9H18N2O6S/c1-6(2)17-9(14)11-18(15,16)10-7(3)4-5-8(12)13/h6-7,10H,4-5H2,1-3H3,(H,11,14)(H,12,13). The zero-order valence-corrected chi connectivity index (χ0v) is 11.3. The van der Waals surface area contributed by atoms with E-state index < -0.39 is 34.4 Å². The molecule has 3 N–H and O–H groups in total.